The maximum absolute atomic E-state index is 16.4. The lowest BCUT2D eigenvalue weighted by Gasteiger charge is -2.37. The molecule has 2 fully saturated rings. The van der Waals surface area contributed by atoms with Gasteiger partial charge in [-0.1, -0.05) is 97.1 Å². The van der Waals surface area contributed by atoms with Crippen molar-refractivity contribution < 1.29 is 110 Å². The number of nitro benzene ring substituents is 3. The smallest absolute Gasteiger partial charge is 0.508 e. The third-order valence-electron chi connectivity index (χ3n) is 22.0. The number of nitro groups is 3. The highest BCUT2D eigenvalue weighted by Gasteiger charge is 2.55. The molecule has 41 heteroatoms. The topological polar surface area (TPSA) is 499 Å². The molecule has 0 saturated carbocycles. The summed E-state index contributed by atoms with van der Waals surface area (Å²) in [5, 5.41) is 63.5. The van der Waals surface area contributed by atoms with Gasteiger partial charge in [-0.25, -0.2) is 53.6 Å². The van der Waals surface area contributed by atoms with Crippen LogP contribution in [0, 0.1) is 30.3 Å². The summed E-state index contributed by atoms with van der Waals surface area (Å²) < 4.78 is 101. The number of aromatic nitrogens is 8. The second kappa shape index (κ2) is 36.6. The number of ether oxygens (including phenoxy) is 10. The molecule has 3 amide bonds. The summed E-state index contributed by atoms with van der Waals surface area (Å²) in [6.45, 7) is -1.95. The number of anilines is 3. The Morgan fingerprint density at radius 3 is 1.56 bits per heavy atom. The lowest BCUT2D eigenvalue weighted by atomic mass is 9.77. The Kier molecular flexibility index (Phi) is 24.3. The number of non-ortho nitro benzene ring substituents is 3. The molecular formula is C88H75N14O26P. The quantitative estimate of drug-likeness (QED) is 0.00653. The van der Waals surface area contributed by atoms with E-state index in [0.717, 1.165) is 6.33 Å². The third kappa shape index (κ3) is 18.0. The van der Waals surface area contributed by atoms with Crippen LogP contribution in [0.15, 0.2) is 232 Å². The predicted molar refractivity (Wildman–Crippen MR) is 453 cm³/mol. The minimum Gasteiger partial charge on any atom is -0.508 e. The first-order valence-corrected chi connectivity index (χ1v) is 41.5. The van der Waals surface area contributed by atoms with E-state index in [1.165, 1.54) is 145 Å². The van der Waals surface area contributed by atoms with E-state index in [2.05, 4.69) is 45.9 Å². The molecule has 0 bridgehead atoms. The Morgan fingerprint density at radius 1 is 0.543 bits per heavy atom. The summed E-state index contributed by atoms with van der Waals surface area (Å²) in [6, 6.07) is 53.2. The fraction of sp³-hybridized carbons (Fsp3) is 0.227. The summed E-state index contributed by atoms with van der Waals surface area (Å²) in [5.41, 5.74) is 1.76. The van der Waals surface area contributed by atoms with Crippen LogP contribution in [0.4, 0.5) is 48.8 Å². The van der Waals surface area contributed by atoms with Crippen molar-refractivity contribution in [3.8, 4) is 34.5 Å². The van der Waals surface area contributed by atoms with Crippen LogP contribution in [0.5, 0.6) is 34.5 Å². The number of fused-ring (bicyclic) bond motifs is 8. The molecule has 17 rings (SSSR count). The molecule has 1 spiro atoms. The van der Waals surface area contributed by atoms with E-state index in [0.29, 0.717) is 61.6 Å². The van der Waals surface area contributed by atoms with Gasteiger partial charge in [-0.05, 0) is 100 Å². The number of nitrogens with zero attached hydrogens (tertiary/aromatic N) is 11. The molecule has 1 unspecified atom stereocenters. The molecule has 13 aromatic rings. The summed E-state index contributed by atoms with van der Waals surface area (Å²) in [6.07, 6.45) is -4.94. The molecule has 40 nitrogen and oxygen atoms in total. The first-order chi connectivity index (χ1) is 62.5. The van der Waals surface area contributed by atoms with Crippen molar-refractivity contribution in [3.05, 3.63) is 318 Å². The molecule has 4 aliphatic heterocycles. The van der Waals surface area contributed by atoms with Crippen molar-refractivity contribution in [2.75, 3.05) is 63.2 Å². The number of phosphoric ester groups is 1. The monoisotopic (exact) mass is 1770 g/mol. The zero-order valence-electron chi connectivity index (χ0n) is 68.0. The van der Waals surface area contributed by atoms with E-state index < -0.39 is 115 Å². The van der Waals surface area contributed by atoms with Crippen LogP contribution >= 0.6 is 7.82 Å². The van der Waals surface area contributed by atoms with Crippen molar-refractivity contribution in [3.63, 3.8) is 0 Å². The number of hydrogen-bond acceptors (Lipinski definition) is 32. The van der Waals surface area contributed by atoms with Gasteiger partial charge in [0, 0.05) is 96.6 Å². The number of phenols is 2. The van der Waals surface area contributed by atoms with Gasteiger partial charge in [0.15, 0.2) is 39.6 Å². The Bertz CT molecular complexity index is 6380. The Labute approximate surface area is 729 Å². The number of rotatable bonds is 32. The predicted octanol–water partition coefficient (Wildman–Crippen LogP) is 14.9. The van der Waals surface area contributed by atoms with Gasteiger partial charge in [0.25, 0.3) is 17.1 Å². The van der Waals surface area contributed by atoms with E-state index in [1.54, 1.807) is 48.5 Å². The number of carbonyl (C=O) groups excluding carboxylic acids is 4. The van der Waals surface area contributed by atoms with Gasteiger partial charge in [0.1, 0.15) is 89.6 Å². The highest BCUT2D eigenvalue weighted by atomic mass is 31.2. The lowest BCUT2D eigenvalue weighted by Crippen LogP contribution is -2.38. The van der Waals surface area contributed by atoms with Gasteiger partial charge in [0.05, 0.1) is 80.2 Å². The third-order valence-corrected chi connectivity index (χ3v) is 23.5. The number of imidazole rings is 2. The number of phenolic OH excluding ortho intramolecular Hbond substituents is 2. The fourth-order valence-electron chi connectivity index (χ4n) is 15.8. The fourth-order valence-corrected chi connectivity index (χ4v) is 17.2. The number of nitrogens with one attached hydrogen (secondary N) is 3. The number of esters is 1. The summed E-state index contributed by atoms with van der Waals surface area (Å²) in [5.74, 6) is 0.226. The molecule has 8 heterocycles. The second-order valence-corrected chi connectivity index (χ2v) is 31.4. The minimum absolute atomic E-state index is 0.0282. The highest BCUT2D eigenvalue weighted by Crippen LogP contribution is 2.59. The molecule has 658 valence electrons. The Balaban J connectivity index is 0.683. The molecule has 4 aromatic heterocycles. The van der Waals surface area contributed by atoms with Gasteiger partial charge in [-0.2, -0.15) is 0 Å². The van der Waals surface area contributed by atoms with E-state index in [-0.39, 0.29) is 131 Å². The summed E-state index contributed by atoms with van der Waals surface area (Å²) in [4.78, 5) is 115. The molecule has 7 atom stereocenters. The molecule has 0 aliphatic carbocycles. The van der Waals surface area contributed by atoms with E-state index in [1.807, 2.05) is 54.6 Å². The van der Waals surface area contributed by atoms with Crippen LogP contribution in [0.3, 0.4) is 0 Å². The molecule has 2 saturated heterocycles. The van der Waals surface area contributed by atoms with Crippen molar-refractivity contribution in [2.24, 2.45) is 0 Å². The van der Waals surface area contributed by atoms with Gasteiger partial charge in [-0.15, -0.1) is 0 Å². The van der Waals surface area contributed by atoms with E-state index in [4.69, 9.17) is 60.9 Å². The van der Waals surface area contributed by atoms with Gasteiger partial charge in [0.2, 0.25) is 0 Å². The highest BCUT2D eigenvalue weighted by molar-refractivity contribution is 7.48. The van der Waals surface area contributed by atoms with Crippen LogP contribution in [0.1, 0.15) is 85.7 Å². The van der Waals surface area contributed by atoms with Crippen LogP contribution < -0.4 is 30.2 Å². The molecular weight excluding hydrogens is 1700 g/mol. The maximum atomic E-state index is 16.4. The first kappa shape index (κ1) is 85.7. The molecule has 9 aromatic carbocycles. The number of methoxy groups -OCH3 is 2. The van der Waals surface area contributed by atoms with Crippen molar-refractivity contribution in [1.82, 2.24) is 39.0 Å². The summed E-state index contributed by atoms with van der Waals surface area (Å²) >= 11 is 0. The van der Waals surface area contributed by atoms with Crippen LogP contribution in [-0.4, -0.2) is 160 Å². The normalized spacial score (nSPS) is 17.5. The van der Waals surface area contributed by atoms with Crippen LogP contribution in [-0.2, 0) is 81.8 Å². The van der Waals surface area contributed by atoms with Crippen LogP contribution in [0.2, 0.25) is 0 Å². The van der Waals surface area contributed by atoms with Crippen LogP contribution in [0.25, 0.3) is 22.3 Å². The average Bonchev–Trinajstić information content (AvgIpc) is 1.62. The van der Waals surface area contributed by atoms with E-state index >= 15 is 4.57 Å². The molecule has 129 heavy (non-hydrogen) atoms. The van der Waals surface area contributed by atoms with E-state index in [9.17, 15) is 59.7 Å². The Hall–Kier alpha value is -15.5. The zero-order chi connectivity index (χ0) is 89.7. The maximum Gasteiger partial charge on any atom is 0.508 e. The largest absolute Gasteiger partial charge is 0.508 e. The van der Waals surface area contributed by atoms with Gasteiger partial charge >= 0.3 is 32.1 Å². The number of phosphoric acid groups is 1. The van der Waals surface area contributed by atoms with Crippen molar-refractivity contribution >= 4 is 88.8 Å². The number of aromatic hydroxyl groups is 2. The minimum atomic E-state index is -5.15. The molecule has 0 radical (unpaired) electrons. The molecule has 4 aliphatic rings. The average molecular weight is 1780 g/mol. The second-order valence-electron chi connectivity index (χ2n) is 29.8. The number of carbonyl (C=O) groups is 4. The van der Waals surface area contributed by atoms with Gasteiger partial charge < -0.3 is 62.9 Å². The number of benzene rings is 9. The Morgan fingerprint density at radius 2 is 1.03 bits per heavy atom. The number of urea groups is 1. The van der Waals surface area contributed by atoms with Gasteiger partial charge in [-0.3, -0.25) is 63.7 Å². The standard InChI is InChI=1S/C88H75N14O26P/c1-116-63-27-14-55(15-28-63)87(54-6-4-3-5-7-54,56-16-29-64(117-2)30-17-56)120-45-73-72(44-76(124-73)99-49-93-77-79(89-47-91-81(77)99)96-84(106)95-57-18-31-66-65(40-57)83(105)127-88(66)67-32-25-61(103)41-69(67)123-70-42-62(104)26-33-68(70)88)128-129(115,121-39-36-53-12-23-60(24-13-53)102(113)114)122-46-74-71(126-86(108)119-38-35-52-10-21-59(22-11-52)101(111)112)43-75(125-74)98-50-94-78-80(90-48-92-82(78)98)97-85(107)118-37-34-51-8-19-58(20-9-51)100(109)110/h3-33,40-42,47-50,71-76,103-104H,34-39,43-46H2,1-2H3,(H,90,92,97,107)(H2,89,91,95,96,106)/t71-,72-,73+,74+,75+,76+,129?/m0/s1. The zero-order valence-corrected chi connectivity index (χ0v) is 68.9. The lowest BCUT2D eigenvalue weighted by molar-refractivity contribution is -0.385. The van der Waals surface area contributed by atoms with Crippen molar-refractivity contribution in [2.45, 2.75) is 80.2 Å². The summed E-state index contributed by atoms with van der Waals surface area (Å²) in [7, 11) is -2.08. The first-order valence-electron chi connectivity index (χ1n) is 40.0. The number of hydrogen-bond donors (Lipinski definition) is 5. The number of amides is 3. The van der Waals surface area contributed by atoms with Crippen molar-refractivity contribution in [1.29, 1.82) is 0 Å². The molecule has 5 N–H and O–H groups in total. The SMILES string of the molecule is COc1ccc(C(OC[C@H]2O[C@@H](n3cnc4c(NC(=O)Nc5ccc6c(c5)C(=O)OC65c6ccc(O)cc6Oc6cc(O)ccc65)ncnc43)C[C@@H]2OP(=O)(OCCc2ccc([N+](=O)[O-])cc2)OC[C@H]2O[C@@H](n3cnc4c(NC(=O)OCCc5ccc([N+](=O)[O-])cc5)ncnc43)C[C@@H]2OC(=O)OCCc2ccc([N+](=O)[O-])cc2)(c2ccccc2)c2ccc(OC)cc2)cc1.